The van der Waals surface area contributed by atoms with E-state index in [1.807, 2.05) is 12.1 Å². The van der Waals surface area contributed by atoms with Crippen molar-refractivity contribution >= 4 is 5.69 Å². The molecule has 1 N–H and O–H groups in total. The van der Waals surface area contributed by atoms with Crippen LogP contribution in [-0.2, 0) is 6.61 Å². The minimum Gasteiger partial charge on any atom is -0.392 e. The number of rotatable bonds is 5. The van der Waals surface area contributed by atoms with Crippen LogP contribution in [0.3, 0.4) is 0 Å². The van der Waals surface area contributed by atoms with Gasteiger partial charge >= 0.3 is 0 Å². The van der Waals surface area contributed by atoms with Crippen LogP contribution in [0.2, 0.25) is 0 Å². The molecule has 0 heterocycles. The van der Waals surface area contributed by atoms with Crippen LogP contribution in [0.25, 0.3) is 0 Å². The van der Waals surface area contributed by atoms with Gasteiger partial charge in [-0.2, -0.15) is 5.26 Å². The molecule has 0 bridgehead atoms. The van der Waals surface area contributed by atoms with Gasteiger partial charge in [0.25, 0.3) is 0 Å². The first kappa shape index (κ1) is 12.9. The third kappa shape index (κ3) is 2.83. The second kappa shape index (κ2) is 5.41. The Hall–Kier alpha value is -1.53. The molecule has 0 atom stereocenters. The van der Waals surface area contributed by atoms with Crippen LogP contribution < -0.4 is 4.90 Å². The highest BCUT2D eigenvalue weighted by molar-refractivity contribution is 5.61. The molecule has 1 aromatic rings. The third-order valence-corrected chi connectivity index (χ3v) is 3.45. The van der Waals surface area contributed by atoms with Gasteiger partial charge in [0.1, 0.15) is 6.07 Å². The zero-order valence-corrected chi connectivity index (χ0v) is 11.1. The maximum atomic E-state index is 9.26. The van der Waals surface area contributed by atoms with Crippen molar-refractivity contribution < 1.29 is 5.11 Å². The molecule has 96 valence electrons. The summed E-state index contributed by atoms with van der Waals surface area (Å²) in [5, 5.41) is 18.4. The molecule has 0 amide bonds. The summed E-state index contributed by atoms with van der Waals surface area (Å²) in [6.07, 6.45) is 2.61. The average Bonchev–Trinajstić information content (AvgIpc) is 3.19. The molecule has 0 unspecified atom stereocenters. The van der Waals surface area contributed by atoms with Crippen LogP contribution in [0.5, 0.6) is 0 Å². The maximum absolute atomic E-state index is 9.26. The summed E-state index contributed by atoms with van der Waals surface area (Å²) in [6, 6.07) is 8.29. The van der Waals surface area contributed by atoms with Gasteiger partial charge in [0, 0.05) is 12.6 Å². The lowest BCUT2D eigenvalue weighted by Gasteiger charge is -2.30. The fraction of sp³-hybridized carbons (Fsp3) is 0.533. The molecule has 3 nitrogen and oxygen atoms in total. The van der Waals surface area contributed by atoms with E-state index in [9.17, 15) is 5.26 Å². The Morgan fingerprint density at radius 3 is 2.67 bits per heavy atom. The van der Waals surface area contributed by atoms with Gasteiger partial charge in [-0.15, -0.1) is 0 Å². The number of hydrogen-bond acceptors (Lipinski definition) is 3. The number of aliphatic hydroxyl groups excluding tert-OH is 1. The zero-order valence-electron chi connectivity index (χ0n) is 11.1. The van der Waals surface area contributed by atoms with Crippen molar-refractivity contribution in [2.45, 2.75) is 39.3 Å². The highest BCUT2D eigenvalue weighted by Gasteiger charge is 2.26. The van der Waals surface area contributed by atoms with E-state index in [1.54, 1.807) is 6.07 Å². The van der Waals surface area contributed by atoms with E-state index < -0.39 is 0 Å². The molecule has 0 spiro atoms. The van der Waals surface area contributed by atoms with E-state index in [0.717, 1.165) is 23.7 Å². The number of nitriles is 1. The van der Waals surface area contributed by atoms with E-state index in [0.29, 0.717) is 11.6 Å². The van der Waals surface area contributed by atoms with Gasteiger partial charge in [-0.25, -0.2) is 0 Å². The van der Waals surface area contributed by atoms with Crippen LogP contribution in [0.1, 0.15) is 37.8 Å². The third-order valence-electron chi connectivity index (χ3n) is 3.45. The molecule has 1 aromatic carbocycles. The topological polar surface area (TPSA) is 47.3 Å². The van der Waals surface area contributed by atoms with Gasteiger partial charge in [0.2, 0.25) is 0 Å². The second-order valence-electron chi connectivity index (χ2n) is 5.31. The number of aliphatic hydroxyl groups is 1. The monoisotopic (exact) mass is 244 g/mol. The minimum atomic E-state index is -0.0146. The lowest BCUT2D eigenvalue weighted by Crippen LogP contribution is -2.33. The lowest BCUT2D eigenvalue weighted by molar-refractivity contribution is 0.282. The minimum absolute atomic E-state index is 0.0146. The Morgan fingerprint density at radius 1 is 1.44 bits per heavy atom. The molecule has 1 aliphatic rings. The van der Waals surface area contributed by atoms with E-state index in [2.05, 4.69) is 24.8 Å². The molecular weight excluding hydrogens is 224 g/mol. The summed E-state index contributed by atoms with van der Waals surface area (Å²) in [5.74, 6) is 0.788. The summed E-state index contributed by atoms with van der Waals surface area (Å²) in [7, 11) is 0. The van der Waals surface area contributed by atoms with Crippen LogP contribution in [0.4, 0.5) is 5.69 Å². The van der Waals surface area contributed by atoms with Crippen LogP contribution in [0, 0.1) is 17.2 Å². The molecule has 0 aromatic heterocycles. The Bertz CT molecular complexity index is 458. The van der Waals surface area contributed by atoms with Gasteiger partial charge in [-0.3, -0.25) is 0 Å². The Morgan fingerprint density at radius 2 is 2.17 bits per heavy atom. The molecule has 0 saturated heterocycles. The second-order valence-corrected chi connectivity index (χ2v) is 5.31. The van der Waals surface area contributed by atoms with Crippen molar-refractivity contribution in [3.63, 3.8) is 0 Å². The predicted molar refractivity (Wildman–Crippen MR) is 72.3 cm³/mol. The first-order chi connectivity index (χ1) is 8.65. The molecule has 1 saturated carbocycles. The van der Waals surface area contributed by atoms with Crippen molar-refractivity contribution in [3.8, 4) is 6.07 Å². The first-order valence-electron chi connectivity index (χ1n) is 6.56. The van der Waals surface area contributed by atoms with Gasteiger partial charge in [0.15, 0.2) is 0 Å². The Balaban J connectivity index is 2.30. The number of nitrogens with zero attached hydrogens (tertiary/aromatic N) is 2. The van der Waals surface area contributed by atoms with Crippen molar-refractivity contribution in [1.82, 2.24) is 0 Å². The molecule has 0 aliphatic heterocycles. The molecule has 0 radical (unpaired) electrons. The Labute approximate surface area is 109 Å². The summed E-state index contributed by atoms with van der Waals surface area (Å²) in [5.41, 5.74) is 2.46. The summed E-state index contributed by atoms with van der Waals surface area (Å²) < 4.78 is 0. The first-order valence-corrected chi connectivity index (χ1v) is 6.56. The average molecular weight is 244 g/mol. The van der Waals surface area contributed by atoms with Gasteiger partial charge in [-0.05, 0) is 50.3 Å². The molecule has 3 heteroatoms. The summed E-state index contributed by atoms with van der Waals surface area (Å²) >= 11 is 0. The summed E-state index contributed by atoms with van der Waals surface area (Å²) in [4.78, 5) is 2.30. The van der Waals surface area contributed by atoms with Gasteiger partial charge in [0.05, 0.1) is 17.9 Å². The van der Waals surface area contributed by atoms with Crippen molar-refractivity contribution in [3.05, 3.63) is 29.3 Å². The maximum Gasteiger partial charge on any atom is 0.101 e. The van der Waals surface area contributed by atoms with Crippen LogP contribution >= 0.6 is 0 Å². The quantitative estimate of drug-likeness (QED) is 0.866. The van der Waals surface area contributed by atoms with Crippen LogP contribution in [-0.4, -0.2) is 17.7 Å². The van der Waals surface area contributed by atoms with Crippen molar-refractivity contribution in [2.24, 2.45) is 5.92 Å². The summed E-state index contributed by atoms with van der Waals surface area (Å²) in [6.45, 7) is 5.33. The highest BCUT2D eigenvalue weighted by Crippen LogP contribution is 2.33. The van der Waals surface area contributed by atoms with E-state index in [1.165, 1.54) is 12.8 Å². The van der Waals surface area contributed by atoms with E-state index >= 15 is 0 Å². The molecule has 1 aliphatic carbocycles. The largest absolute Gasteiger partial charge is 0.392 e. The van der Waals surface area contributed by atoms with Crippen molar-refractivity contribution in [1.29, 1.82) is 5.26 Å². The molecular formula is C15H20N2O. The fourth-order valence-electron chi connectivity index (χ4n) is 2.19. The molecule has 1 fully saturated rings. The SMILES string of the molecule is CC(C)N(CC1CC1)c1ccc(CO)cc1C#N. The van der Waals surface area contributed by atoms with Crippen LogP contribution in [0.15, 0.2) is 18.2 Å². The number of anilines is 1. The normalized spacial score (nSPS) is 14.6. The smallest absolute Gasteiger partial charge is 0.101 e. The van der Waals surface area contributed by atoms with Gasteiger partial charge in [-0.1, -0.05) is 6.07 Å². The highest BCUT2D eigenvalue weighted by atomic mass is 16.3. The van der Waals surface area contributed by atoms with Gasteiger partial charge < -0.3 is 10.0 Å². The van der Waals surface area contributed by atoms with Crippen molar-refractivity contribution in [2.75, 3.05) is 11.4 Å². The Kier molecular flexibility index (Phi) is 3.88. The lowest BCUT2D eigenvalue weighted by atomic mass is 10.1. The number of hydrogen-bond donors (Lipinski definition) is 1. The van der Waals surface area contributed by atoms with E-state index in [-0.39, 0.29) is 6.61 Å². The number of benzene rings is 1. The molecule has 2 rings (SSSR count). The zero-order chi connectivity index (χ0) is 13.1. The standard InChI is InChI=1S/C15H20N2O/c1-11(2)17(9-12-3-4-12)15-6-5-13(10-18)7-14(15)8-16/h5-7,11-12,18H,3-4,9-10H2,1-2H3. The fourth-order valence-corrected chi connectivity index (χ4v) is 2.19. The van der Waals surface area contributed by atoms with E-state index in [4.69, 9.17) is 5.11 Å². The predicted octanol–water partition coefficient (Wildman–Crippen LogP) is 2.68. The molecule has 18 heavy (non-hydrogen) atoms.